The van der Waals surface area contributed by atoms with Crippen LogP contribution in [0.2, 0.25) is 0 Å². The fourth-order valence-corrected chi connectivity index (χ4v) is 2.19. The van der Waals surface area contributed by atoms with Gasteiger partial charge in [0.2, 0.25) is 0 Å². The Hall–Kier alpha value is -1.99. The minimum atomic E-state index is -0.330. The third-order valence-electron chi connectivity index (χ3n) is 3.28. The Bertz CT molecular complexity index is 630. The normalized spacial score (nSPS) is 17.6. The first-order valence-corrected chi connectivity index (χ1v) is 6.36. The molecule has 0 saturated carbocycles. The van der Waals surface area contributed by atoms with E-state index in [1.807, 2.05) is 0 Å². The van der Waals surface area contributed by atoms with E-state index in [0.29, 0.717) is 18.8 Å². The first-order chi connectivity index (χ1) is 9.63. The molecule has 1 unspecified atom stereocenters. The smallest absolute Gasteiger partial charge is 0.276 e. The van der Waals surface area contributed by atoms with Crippen molar-refractivity contribution >= 4 is 18.3 Å². The van der Waals surface area contributed by atoms with Crippen LogP contribution in [-0.4, -0.2) is 44.9 Å². The fourth-order valence-electron chi connectivity index (χ4n) is 2.19. The number of carbonyl (C=O) groups excluding carboxylic acids is 1. The van der Waals surface area contributed by atoms with Crippen molar-refractivity contribution in [3.63, 3.8) is 0 Å². The lowest BCUT2D eigenvalue weighted by Gasteiger charge is -2.13. The lowest BCUT2D eigenvalue weighted by molar-refractivity contribution is 0.0784. The number of amides is 1. The molecule has 1 fully saturated rings. The summed E-state index contributed by atoms with van der Waals surface area (Å²) in [5.74, 6) is -0.505. The van der Waals surface area contributed by atoms with Crippen LogP contribution in [0.1, 0.15) is 16.9 Å². The molecule has 1 aromatic heterocycles. The Kier molecular flexibility index (Phi) is 4.54. The van der Waals surface area contributed by atoms with E-state index in [2.05, 4.69) is 10.2 Å². The molecule has 21 heavy (non-hydrogen) atoms. The van der Waals surface area contributed by atoms with Crippen LogP contribution in [0.4, 0.5) is 4.39 Å². The maximum absolute atomic E-state index is 12.9. The van der Waals surface area contributed by atoms with Gasteiger partial charge in [0.25, 0.3) is 5.91 Å². The molecule has 1 aliphatic heterocycles. The number of aromatic nitrogens is 3. The van der Waals surface area contributed by atoms with Crippen LogP contribution in [0.5, 0.6) is 0 Å². The Balaban J connectivity index is 0.00000161. The second-order valence-corrected chi connectivity index (χ2v) is 4.80. The highest BCUT2D eigenvalue weighted by molar-refractivity contribution is 5.92. The van der Waals surface area contributed by atoms with Gasteiger partial charge in [0.15, 0.2) is 5.69 Å². The summed E-state index contributed by atoms with van der Waals surface area (Å²) in [7, 11) is 0. The van der Waals surface area contributed by atoms with Crippen molar-refractivity contribution in [3.05, 3.63) is 42.0 Å². The van der Waals surface area contributed by atoms with Crippen LogP contribution in [0.25, 0.3) is 5.69 Å². The molecular weight excluding hydrogens is 297 g/mol. The first-order valence-electron chi connectivity index (χ1n) is 6.36. The van der Waals surface area contributed by atoms with Gasteiger partial charge in [-0.2, -0.15) is 9.90 Å². The van der Waals surface area contributed by atoms with Crippen molar-refractivity contribution in [2.24, 2.45) is 5.73 Å². The molecule has 1 saturated heterocycles. The van der Waals surface area contributed by atoms with Crippen molar-refractivity contribution in [2.75, 3.05) is 13.1 Å². The molecule has 6 nitrogen and oxygen atoms in total. The number of hydrogen-bond acceptors (Lipinski definition) is 4. The Morgan fingerprint density at radius 2 is 2.05 bits per heavy atom. The zero-order valence-electron chi connectivity index (χ0n) is 11.1. The van der Waals surface area contributed by atoms with E-state index in [4.69, 9.17) is 5.73 Å². The third kappa shape index (κ3) is 3.20. The predicted molar refractivity (Wildman–Crippen MR) is 77.1 cm³/mol. The maximum atomic E-state index is 12.9. The monoisotopic (exact) mass is 311 g/mol. The average Bonchev–Trinajstić information content (AvgIpc) is 3.08. The van der Waals surface area contributed by atoms with Gasteiger partial charge in [-0.25, -0.2) is 4.39 Å². The number of nitrogens with two attached hydrogens (primary N) is 1. The number of hydrogen-bond donors (Lipinski definition) is 1. The molecule has 0 aliphatic carbocycles. The van der Waals surface area contributed by atoms with Crippen LogP contribution in [0, 0.1) is 5.82 Å². The van der Waals surface area contributed by atoms with E-state index in [-0.39, 0.29) is 35.9 Å². The average molecular weight is 312 g/mol. The molecule has 2 heterocycles. The number of halogens is 2. The molecule has 1 aliphatic rings. The van der Waals surface area contributed by atoms with E-state index in [1.54, 1.807) is 17.0 Å². The Morgan fingerprint density at radius 3 is 2.67 bits per heavy atom. The Morgan fingerprint density at radius 1 is 1.33 bits per heavy atom. The summed E-state index contributed by atoms with van der Waals surface area (Å²) in [6, 6.07) is 5.77. The summed E-state index contributed by atoms with van der Waals surface area (Å²) in [5, 5.41) is 8.16. The molecular formula is C13H15ClFN5O. The number of rotatable bonds is 2. The number of benzene rings is 1. The highest BCUT2D eigenvalue weighted by Crippen LogP contribution is 2.12. The van der Waals surface area contributed by atoms with Gasteiger partial charge in [0.1, 0.15) is 5.82 Å². The van der Waals surface area contributed by atoms with E-state index < -0.39 is 0 Å². The number of carbonyl (C=O) groups is 1. The standard InChI is InChI=1S/C13H14FN5O.ClH/c14-9-1-3-11(4-2-9)19-16-7-12(17-19)13(20)18-6-5-10(15)8-18;/h1-4,7,10H,5-6,8,15H2;1H. The van der Waals surface area contributed by atoms with Gasteiger partial charge in [-0.15, -0.1) is 17.5 Å². The van der Waals surface area contributed by atoms with Crippen LogP contribution < -0.4 is 5.73 Å². The maximum Gasteiger partial charge on any atom is 0.276 e. The number of nitrogens with zero attached hydrogens (tertiary/aromatic N) is 4. The molecule has 1 aromatic carbocycles. The largest absolute Gasteiger partial charge is 0.336 e. The SMILES string of the molecule is Cl.NC1CCN(C(=O)c2cnn(-c3ccc(F)cc3)n2)C1. The van der Waals surface area contributed by atoms with Crippen molar-refractivity contribution in [1.29, 1.82) is 0 Å². The molecule has 8 heteroatoms. The molecule has 2 N–H and O–H groups in total. The van der Waals surface area contributed by atoms with Gasteiger partial charge < -0.3 is 10.6 Å². The van der Waals surface area contributed by atoms with Gasteiger partial charge in [-0.3, -0.25) is 4.79 Å². The van der Waals surface area contributed by atoms with Crippen LogP contribution in [0.3, 0.4) is 0 Å². The van der Waals surface area contributed by atoms with Gasteiger partial charge in [0.05, 0.1) is 11.9 Å². The molecule has 0 spiro atoms. The highest BCUT2D eigenvalue weighted by Gasteiger charge is 2.26. The van der Waals surface area contributed by atoms with E-state index in [9.17, 15) is 9.18 Å². The van der Waals surface area contributed by atoms with Crippen molar-refractivity contribution in [3.8, 4) is 5.69 Å². The summed E-state index contributed by atoms with van der Waals surface area (Å²) in [6.45, 7) is 1.19. The van der Waals surface area contributed by atoms with Crippen LogP contribution >= 0.6 is 12.4 Å². The van der Waals surface area contributed by atoms with Gasteiger partial charge in [-0.05, 0) is 30.7 Å². The predicted octanol–water partition coefficient (Wildman–Crippen LogP) is 1.00. The van der Waals surface area contributed by atoms with Crippen molar-refractivity contribution in [2.45, 2.75) is 12.5 Å². The van der Waals surface area contributed by atoms with Crippen LogP contribution in [-0.2, 0) is 0 Å². The topological polar surface area (TPSA) is 77.0 Å². The molecule has 1 atom stereocenters. The highest BCUT2D eigenvalue weighted by atomic mass is 35.5. The van der Waals surface area contributed by atoms with Gasteiger partial charge in [0, 0.05) is 19.1 Å². The van der Waals surface area contributed by atoms with Gasteiger partial charge >= 0.3 is 0 Å². The second kappa shape index (κ2) is 6.19. The molecule has 1 amide bonds. The lowest BCUT2D eigenvalue weighted by Crippen LogP contribution is -2.32. The summed E-state index contributed by atoms with van der Waals surface area (Å²) < 4.78 is 12.9. The lowest BCUT2D eigenvalue weighted by atomic mass is 10.3. The summed E-state index contributed by atoms with van der Waals surface area (Å²) in [5.41, 5.74) is 6.65. The second-order valence-electron chi connectivity index (χ2n) is 4.80. The molecule has 112 valence electrons. The summed E-state index contributed by atoms with van der Waals surface area (Å²) >= 11 is 0. The van der Waals surface area contributed by atoms with Crippen LogP contribution in [0.15, 0.2) is 30.5 Å². The zero-order valence-corrected chi connectivity index (χ0v) is 12.0. The third-order valence-corrected chi connectivity index (χ3v) is 3.28. The summed E-state index contributed by atoms with van der Waals surface area (Å²) in [4.78, 5) is 15.2. The van der Waals surface area contributed by atoms with E-state index in [0.717, 1.165) is 6.42 Å². The first kappa shape index (κ1) is 15.4. The molecule has 0 bridgehead atoms. The van der Waals surface area contributed by atoms with E-state index >= 15 is 0 Å². The Labute approximate surface area is 127 Å². The molecule has 3 rings (SSSR count). The minimum Gasteiger partial charge on any atom is -0.336 e. The fraction of sp³-hybridized carbons (Fsp3) is 0.308. The minimum absolute atomic E-state index is 0. The van der Waals surface area contributed by atoms with Gasteiger partial charge in [-0.1, -0.05) is 0 Å². The zero-order chi connectivity index (χ0) is 14.1. The van der Waals surface area contributed by atoms with E-state index in [1.165, 1.54) is 23.1 Å². The molecule has 2 aromatic rings. The number of likely N-dealkylation sites (tertiary alicyclic amines) is 1. The van der Waals surface area contributed by atoms with Crippen molar-refractivity contribution in [1.82, 2.24) is 19.9 Å². The van der Waals surface area contributed by atoms with Crippen molar-refractivity contribution < 1.29 is 9.18 Å². The summed E-state index contributed by atoms with van der Waals surface area (Å²) in [6.07, 6.45) is 2.22. The quantitative estimate of drug-likeness (QED) is 0.897. The molecule has 0 radical (unpaired) electrons.